The molecule has 25 heavy (non-hydrogen) atoms. The Labute approximate surface area is 143 Å². The van der Waals surface area contributed by atoms with E-state index in [0.29, 0.717) is 0 Å². The number of nitrogens with zero attached hydrogens (tertiary/aromatic N) is 1. The lowest BCUT2D eigenvalue weighted by Crippen LogP contribution is -2.24. The monoisotopic (exact) mass is 342 g/mol. The van der Waals surface area contributed by atoms with Gasteiger partial charge < -0.3 is 10.1 Å². The molecule has 0 saturated heterocycles. The summed E-state index contributed by atoms with van der Waals surface area (Å²) in [6.45, 7) is 1.59. The summed E-state index contributed by atoms with van der Waals surface area (Å²) in [5, 5.41) is 13.3. The van der Waals surface area contributed by atoms with Crippen LogP contribution in [-0.4, -0.2) is 17.6 Å². The molecule has 2 aromatic carbocycles. The van der Waals surface area contributed by atoms with Crippen molar-refractivity contribution in [1.29, 1.82) is 0 Å². The number of carbonyl (C=O) groups excluding carboxylic acids is 1. The van der Waals surface area contributed by atoms with Gasteiger partial charge in [0.1, 0.15) is 12.4 Å². The van der Waals surface area contributed by atoms with Gasteiger partial charge in [0.2, 0.25) is 0 Å². The predicted octanol–water partition coefficient (Wildman–Crippen LogP) is 3.32. The summed E-state index contributed by atoms with van der Waals surface area (Å²) in [5.74, 6) is 4.49. The van der Waals surface area contributed by atoms with Gasteiger partial charge in [-0.1, -0.05) is 42.2 Å². The van der Waals surface area contributed by atoms with Gasteiger partial charge in [0.15, 0.2) is 0 Å². The number of hydrogen-bond donors (Lipinski definition) is 1. The SMILES string of the molecule is Cc1c(C#CCNC(=O)OCc2ccccc2)cc(F)cc1[N+](=O)[O-]. The molecule has 0 fully saturated rings. The zero-order valence-electron chi connectivity index (χ0n) is 13.4. The molecule has 1 N–H and O–H groups in total. The first-order chi connectivity index (χ1) is 12.0. The Bertz CT molecular complexity index is 841. The fraction of sp³-hybridized carbons (Fsp3) is 0.167. The van der Waals surface area contributed by atoms with E-state index in [0.717, 1.165) is 17.7 Å². The van der Waals surface area contributed by atoms with Crippen molar-refractivity contribution in [2.75, 3.05) is 6.54 Å². The number of benzene rings is 2. The second-order valence-corrected chi connectivity index (χ2v) is 5.07. The van der Waals surface area contributed by atoms with E-state index in [4.69, 9.17) is 4.74 Å². The molecular weight excluding hydrogens is 327 g/mol. The molecule has 0 aliphatic rings. The summed E-state index contributed by atoms with van der Waals surface area (Å²) in [6.07, 6.45) is -0.639. The maximum atomic E-state index is 13.4. The molecule has 1 amide bonds. The maximum Gasteiger partial charge on any atom is 0.408 e. The maximum absolute atomic E-state index is 13.4. The summed E-state index contributed by atoms with van der Waals surface area (Å²) in [7, 11) is 0. The number of ether oxygens (including phenoxy) is 1. The van der Waals surface area contributed by atoms with E-state index in [2.05, 4.69) is 17.2 Å². The zero-order valence-corrected chi connectivity index (χ0v) is 13.4. The molecule has 7 heteroatoms. The molecule has 0 atom stereocenters. The third-order valence-electron chi connectivity index (χ3n) is 3.30. The number of amides is 1. The number of halogens is 1. The summed E-state index contributed by atoms with van der Waals surface area (Å²) in [5.41, 5.74) is 0.989. The fourth-order valence-electron chi connectivity index (χ4n) is 2.01. The lowest BCUT2D eigenvalue weighted by atomic mass is 10.1. The van der Waals surface area contributed by atoms with Gasteiger partial charge in [-0.15, -0.1) is 0 Å². The summed E-state index contributed by atoms with van der Waals surface area (Å²) >= 11 is 0. The van der Waals surface area contributed by atoms with E-state index in [1.54, 1.807) is 0 Å². The summed E-state index contributed by atoms with van der Waals surface area (Å²) < 4.78 is 18.4. The smallest absolute Gasteiger partial charge is 0.408 e. The average Bonchev–Trinajstić information content (AvgIpc) is 2.60. The van der Waals surface area contributed by atoms with Crippen molar-refractivity contribution in [3.63, 3.8) is 0 Å². The molecular formula is C18H15FN2O4. The van der Waals surface area contributed by atoms with Crippen molar-refractivity contribution in [3.05, 3.63) is 75.1 Å². The van der Waals surface area contributed by atoms with Crippen LogP contribution in [0.1, 0.15) is 16.7 Å². The van der Waals surface area contributed by atoms with E-state index in [9.17, 15) is 19.3 Å². The zero-order chi connectivity index (χ0) is 18.2. The lowest BCUT2D eigenvalue weighted by Gasteiger charge is -2.04. The molecule has 0 bridgehead atoms. The number of alkyl carbamates (subject to hydrolysis) is 1. The quantitative estimate of drug-likeness (QED) is 0.525. The average molecular weight is 342 g/mol. The number of nitro groups is 1. The number of carbonyl (C=O) groups is 1. The van der Waals surface area contributed by atoms with E-state index >= 15 is 0 Å². The second-order valence-electron chi connectivity index (χ2n) is 5.07. The topological polar surface area (TPSA) is 81.5 Å². The normalized spacial score (nSPS) is 9.68. The van der Waals surface area contributed by atoms with Gasteiger partial charge in [-0.05, 0) is 18.6 Å². The van der Waals surface area contributed by atoms with Gasteiger partial charge in [0.25, 0.3) is 5.69 Å². The van der Waals surface area contributed by atoms with Crippen LogP contribution in [0, 0.1) is 34.7 Å². The number of nitrogens with one attached hydrogen (secondary N) is 1. The molecule has 0 unspecified atom stereocenters. The Hall–Kier alpha value is -3.40. The Morgan fingerprint density at radius 2 is 2.04 bits per heavy atom. The Balaban J connectivity index is 1.90. The minimum atomic E-state index is -0.739. The predicted molar refractivity (Wildman–Crippen MR) is 89.3 cm³/mol. The third kappa shape index (κ3) is 5.32. The van der Waals surface area contributed by atoms with Gasteiger partial charge in [0, 0.05) is 11.1 Å². The summed E-state index contributed by atoms with van der Waals surface area (Å²) in [6, 6.07) is 11.1. The Morgan fingerprint density at radius 1 is 1.32 bits per heavy atom. The van der Waals surface area contributed by atoms with Crippen molar-refractivity contribution < 1.29 is 18.8 Å². The molecule has 6 nitrogen and oxygen atoms in total. The van der Waals surface area contributed by atoms with E-state index in [1.807, 2.05) is 30.3 Å². The highest BCUT2D eigenvalue weighted by molar-refractivity contribution is 5.67. The molecule has 0 radical (unpaired) electrons. The number of nitro benzene ring substituents is 1. The van der Waals surface area contributed by atoms with Gasteiger partial charge in [-0.2, -0.15) is 0 Å². The van der Waals surface area contributed by atoms with Crippen LogP contribution in [0.2, 0.25) is 0 Å². The minimum absolute atomic E-state index is 0.0304. The van der Waals surface area contributed by atoms with E-state index in [-0.39, 0.29) is 30.0 Å². The van der Waals surface area contributed by atoms with Crippen molar-refractivity contribution >= 4 is 11.8 Å². The van der Waals surface area contributed by atoms with Crippen LogP contribution in [0.4, 0.5) is 14.9 Å². The summed E-state index contributed by atoms with van der Waals surface area (Å²) in [4.78, 5) is 21.7. The standard InChI is InChI=1S/C18H15FN2O4/c1-13-15(10-16(19)11-17(13)21(23)24)8-5-9-20-18(22)25-12-14-6-3-2-4-7-14/h2-4,6-7,10-11H,9,12H2,1H3,(H,20,22). The van der Waals surface area contributed by atoms with E-state index < -0.39 is 16.8 Å². The van der Waals surface area contributed by atoms with Crippen LogP contribution in [0.3, 0.4) is 0 Å². The lowest BCUT2D eigenvalue weighted by molar-refractivity contribution is -0.385. The number of rotatable bonds is 4. The van der Waals surface area contributed by atoms with Crippen molar-refractivity contribution in [2.24, 2.45) is 0 Å². The Morgan fingerprint density at radius 3 is 2.72 bits per heavy atom. The van der Waals surface area contributed by atoms with E-state index in [1.165, 1.54) is 6.92 Å². The van der Waals surface area contributed by atoms with Crippen LogP contribution in [0.15, 0.2) is 42.5 Å². The number of hydrogen-bond acceptors (Lipinski definition) is 4. The molecule has 0 aliphatic heterocycles. The molecule has 0 aromatic heterocycles. The molecule has 0 saturated carbocycles. The second kappa shape index (κ2) is 8.45. The highest BCUT2D eigenvalue weighted by atomic mass is 19.1. The van der Waals surface area contributed by atoms with Crippen LogP contribution in [-0.2, 0) is 11.3 Å². The van der Waals surface area contributed by atoms with Gasteiger partial charge >= 0.3 is 6.09 Å². The van der Waals surface area contributed by atoms with Crippen LogP contribution in [0.25, 0.3) is 0 Å². The molecule has 0 spiro atoms. The van der Waals surface area contributed by atoms with Gasteiger partial charge in [-0.25, -0.2) is 9.18 Å². The first-order valence-corrected chi connectivity index (χ1v) is 7.35. The Kier molecular flexibility index (Phi) is 6.07. The minimum Gasteiger partial charge on any atom is -0.445 e. The molecule has 128 valence electrons. The van der Waals surface area contributed by atoms with Crippen LogP contribution in [0.5, 0.6) is 0 Å². The molecule has 2 aromatic rings. The molecule has 0 aliphatic carbocycles. The third-order valence-corrected chi connectivity index (χ3v) is 3.30. The largest absolute Gasteiger partial charge is 0.445 e. The highest BCUT2D eigenvalue weighted by Crippen LogP contribution is 2.22. The highest BCUT2D eigenvalue weighted by Gasteiger charge is 2.15. The van der Waals surface area contributed by atoms with Gasteiger partial charge in [0.05, 0.1) is 17.5 Å². The van der Waals surface area contributed by atoms with Crippen LogP contribution >= 0.6 is 0 Å². The molecule has 0 heterocycles. The van der Waals surface area contributed by atoms with Crippen molar-refractivity contribution in [3.8, 4) is 11.8 Å². The first kappa shape index (κ1) is 17.9. The van der Waals surface area contributed by atoms with Crippen molar-refractivity contribution in [1.82, 2.24) is 5.32 Å². The fourth-order valence-corrected chi connectivity index (χ4v) is 2.01. The molecule has 2 rings (SSSR count). The first-order valence-electron chi connectivity index (χ1n) is 7.35. The van der Waals surface area contributed by atoms with Crippen molar-refractivity contribution in [2.45, 2.75) is 13.5 Å². The van der Waals surface area contributed by atoms with Crippen LogP contribution < -0.4 is 5.32 Å². The van der Waals surface area contributed by atoms with Gasteiger partial charge in [-0.3, -0.25) is 10.1 Å².